The maximum absolute atomic E-state index is 12.9. The van der Waals surface area contributed by atoms with Crippen molar-refractivity contribution in [2.24, 2.45) is 0 Å². The molecule has 2 aliphatic heterocycles. The predicted octanol–water partition coefficient (Wildman–Crippen LogP) is 7.49. The second-order valence-corrected chi connectivity index (χ2v) is 10.6. The average molecular weight is 429 g/mol. The number of esters is 1. The van der Waals surface area contributed by atoms with E-state index < -0.39 is 5.60 Å². The molecule has 0 unspecified atom stereocenters. The van der Waals surface area contributed by atoms with Crippen LogP contribution in [0.15, 0.2) is 60.7 Å². The summed E-state index contributed by atoms with van der Waals surface area (Å²) in [6.45, 7) is 13.1. The summed E-state index contributed by atoms with van der Waals surface area (Å²) in [6.07, 6.45) is 0. The quantitative estimate of drug-likeness (QED) is 0.348. The van der Waals surface area contributed by atoms with Crippen molar-refractivity contribution in [2.45, 2.75) is 65.4 Å². The Morgan fingerprint density at radius 3 is 1.69 bits per heavy atom. The highest BCUT2D eigenvalue weighted by molar-refractivity contribution is 5.97. The minimum absolute atomic E-state index is 0. The highest BCUT2D eigenvalue weighted by atomic mass is 16.6. The molecule has 32 heavy (non-hydrogen) atoms. The molecule has 0 saturated carbocycles. The van der Waals surface area contributed by atoms with Gasteiger partial charge in [0.05, 0.1) is 5.56 Å². The Morgan fingerprint density at radius 1 is 0.688 bits per heavy atom. The number of rotatable bonds is 0. The summed E-state index contributed by atoms with van der Waals surface area (Å²) < 4.78 is 12.7. The molecule has 2 aliphatic rings. The van der Waals surface area contributed by atoms with E-state index in [4.69, 9.17) is 9.47 Å². The van der Waals surface area contributed by atoms with Crippen LogP contribution in [0.1, 0.15) is 87.1 Å². The summed E-state index contributed by atoms with van der Waals surface area (Å²) in [5.74, 6) is 1.19. The molecule has 3 nitrogen and oxygen atoms in total. The second kappa shape index (κ2) is 6.96. The van der Waals surface area contributed by atoms with Crippen molar-refractivity contribution in [1.82, 2.24) is 0 Å². The van der Waals surface area contributed by atoms with Crippen LogP contribution in [0.4, 0.5) is 0 Å². The third kappa shape index (κ3) is 3.06. The maximum atomic E-state index is 12.9. The number of fused-ring (bicyclic) bond motifs is 6. The molecule has 1 spiro atoms. The van der Waals surface area contributed by atoms with E-state index in [0.717, 1.165) is 28.2 Å². The molecule has 3 heteroatoms. The van der Waals surface area contributed by atoms with E-state index >= 15 is 0 Å². The SMILES string of the molecule is C.CC(C)(C)c1ccc2c(c1)Oc1cc(C(C)(C)C)ccc1C21OC(=O)c2ccccc21. The number of carbonyl (C=O) groups excluding carboxylic acids is 1. The molecule has 0 fully saturated rings. The zero-order valence-corrected chi connectivity index (χ0v) is 19.0. The van der Waals surface area contributed by atoms with Gasteiger partial charge in [0.25, 0.3) is 0 Å². The lowest BCUT2D eigenvalue weighted by Crippen LogP contribution is -2.33. The van der Waals surface area contributed by atoms with Gasteiger partial charge < -0.3 is 9.47 Å². The van der Waals surface area contributed by atoms with Crippen molar-refractivity contribution >= 4 is 5.97 Å². The minimum atomic E-state index is -0.997. The first kappa shape index (κ1) is 22.1. The zero-order chi connectivity index (χ0) is 22.2. The molecular weight excluding hydrogens is 396 g/mol. The smallest absolute Gasteiger partial charge is 0.340 e. The van der Waals surface area contributed by atoms with Crippen LogP contribution in [0.2, 0.25) is 0 Å². The van der Waals surface area contributed by atoms with Crippen LogP contribution >= 0.6 is 0 Å². The molecular formula is C29H32O3. The van der Waals surface area contributed by atoms with E-state index in [2.05, 4.69) is 77.9 Å². The number of carbonyl (C=O) groups is 1. The third-order valence-corrected chi connectivity index (χ3v) is 6.45. The van der Waals surface area contributed by atoms with E-state index in [1.807, 2.05) is 24.3 Å². The van der Waals surface area contributed by atoms with Gasteiger partial charge in [0.1, 0.15) is 11.5 Å². The Labute approximate surface area is 191 Å². The molecule has 0 aromatic heterocycles. The number of ether oxygens (including phenoxy) is 2. The summed E-state index contributed by atoms with van der Waals surface area (Å²) in [6, 6.07) is 20.2. The molecule has 0 saturated heterocycles. The lowest BCUT2D eigenvalue weighted by molar-refractivity contribution is 0.0224. The lowest BCUT2D eigenvalue weighted by atomic mass is 9.75. The van der Waals surface area contributed by atoms with Gasteiger partial charge in [-0.2, -0.15) is 0 Å². The molecule has 0 radical (unpaired) electrons. The van der Waals surface area contributed by atoms with Crippen molar-refractivity contribution in [3.63, 3.8) is 0 Å². The first-order valence-corrected chi connectivity index (χ1v) is 10.8. The van der Waals surface area contributed by atoms with E-state index in [1.54, 1.807) is 0 Å². The van der Waals surface area contributed by atoms with Crippen LogP contribution in [0, 0.1) is 0 Å². The van der Waals surface area contributed by atoms with Crippen LogP contribution in [-0.4, -0.2) is 5.97 Å². The molecule has 3 aromatic carbocycles. The summed E-state index contributed by atoms with van der Waals surface area (Å²) in [7, 11) is 0. The topological polar surface area (TPSA) is 35.5 Å². The van der Waals surface area contributed by atoms with Gasteiger partial charge in [0.2, 0.25) is 0 Å². The van der Waals surface area contributed by atoms with Gasteiger partial charge in [-0.25, -0.2) is 4.79 Å². The molecule has 5 rings (SSSR count). The van der Waals surface area contributed by atoms with Gasteiger partial charge >= 0.3 is 5.97 Å². The number of hydrogen-bond donors (Lipinski definition) is 0. The Hall–Kier alpha value is -3.07. The monoisotopic (exact) mass is 428 g/mol. The molecule has 0 bridgehead atoms. The Kier molecular flexibility index (Phi) is 4.82. The average Bonchev–Trinajstić information content (AvgIpc) is 3.00. The zero-order valence-electron chi connectivity index (χ0n) is 19.0. The van der Waals surface area contributed by atoms with Gasteiger partial charge in [-0.3, -0.25) is 0 Å². The summed E-state index contributed by atoms with van der Waals surface area (Å²) >= 11 is 0. The highest BCUT2D eigenvalue weighted by Gasteiger charge is 2.53. The van der Waals surface area contributed by atoms with Gasteiger partial charge in [-0.05, 0) is 40.2 Å². The molecule has 2 heterocycles. The predicted molar refractivity (Wildman–Crippen MR) is 129 cm³/mol. The highest BCUT2D eigenvalue weighted by Crippen LogP contribution is 2.56. The number of benzene rings is 3. The molecule has 0 N–H and O–H groups in total. The van der Waals surface area contributed by atoms with Crippen LogP contribution < -0.4 is 4.74 Å². The van der Waals surface area contributed by atoms with Crippen molar-refractivity contribution in [1.29, 1.82) is 0 Å². The van der Waals surface area contributed by atoms with Crippen LogP contribution in [0.3, 0.4) is 0 Å². The molecule has 0 aliphatic carbocycles. The van der Waals surface area contributed by atoms with E-state index in [0.29, 0.717) is 5.56 Å². The molecule has 3 aromatic rings. The van der Waals surface area contributed by atoms with Crippen molar-refractivity contribution in [3.8, 4) is 11.5 Å². The Balaban J connectivity index is 0.00000245. The van der Waals surface area contributed by atoms with Crippen molar-refractivity contribution in [3.05, 3.63) is 94.0 Å². The van der Waals surface area contributed by atoms with Crippen molar-refractivity contribution in [2.75, 3.05) is 0 Å². The van der Waals surface area contributed by atoms with E-state index in [-0.39, 0.29) is 24.2 Å². The fraction of sp³-hybridized carbons (Fsp3) is 0.345. The maximum Gasteiger partial charge on any atom is 0.340 e. The summed E-state index contributed by atoms with van der Waals surface area (Å²) in [5, 5.41) is 0. The fourth-order valence-corrected chi connectivity index (χ4v) is 4.61. The lowest BCUT2D eigenvalue weighted by Gasteiger charge is -2.38. The Morgan fingerprint density at radius 2 is 1.19 bits per heavy atom. The second-order valence-electron chi connectivity index (χ2n) is 10.6. The molecule has 0 amide bonds. The summed E-state index contributed by atoms with van der Waals surface area (Å²) in [5.41, 5.74) is 4.53. The fourth-order valence-electron chi connectivity index (χ4n) is 4.61. The van der Waals surface area contributed by atoms with Crippen molar-refractivity contribution < 1.29 is 14.3 Å². The van der Waals surface area contributed by atoms with Crippen LogP contribution in [-0.2, 0) is 21.2 Å². The first-order chi connectivity index (χ1) is 14.5. The van der Waals surface area contributed by atoms with Gasteiger partial charge in [-0.15, -0.1) is 0 Å². The van der Waals surface area contributed by atoms with Gasteiger partial charge in [0, 0.05) is 16.7 Å². The van der Waals surface area contributed by atoms with Crippen LogP contribution in [0.5, 0.6) is 11.5 Å². The third-order valence-electron chi connectivity index (χ3n) is 6.45. The van der Waals surface area contributed by atoms with Gasteiger partial charge in [0.15, 0.2) is 5.60 Å². The number of hydrogen-bond acceptors (Lipinski definition) is 3. The standard InChI is InChI=1S/C28H28O3.CH4/c1-26(2,3)17-11-13-21-23(15-17)30-24-16-18(27(4,5)6)12-14-22(24)28(21)20-10-8-7-9-19(20)25(29)31-28;/h7-16H,1-6H3;1H4. The summed E-state index contributed by atoms with van der Waals surface area (Å²) in [4.78, 5) is 12.9. The van der Waals surface area contributed by atoms with Crippen LogP contribution in [0.25, 0.3) is 0 Å². The Bertz CT molecular complexity index is 1160. The normalized spacial score (nSPS) is 15.8. The first-order valence-electron chi connectivity index (χ1n) is 10.8. The van der Waals surface area contributed by atoms with E-state index in [9.17, 15) is 4.79 Å². The van der Waals surface area contributed by atoms with Gasteiger partial charge in [-0.1, -0.05) is 91.4 Å². The molecule has 0 atom stereocenters. The minimum Gasteiger partial charge on any atom is -0.456 e. The van der Waals surface area contributed by atoms with E-state index in [1.165, 1.54) is 11.1 Å². The molecule has 166 valence electrons. The largest absolute Gasteiger partial charge is 0.456 e.